The molecule has 0 saturated carbocycles. The Balaban J connectivity index is 2.29. The summed E-state index contributed by atoms with van der Waals surface area (Å²) in [4.78, 5) is 36.3. The second-order valence-electron chi connectivity index (χ2n) is 5.31. The van der Waals surface area contributed by atoms with Crippen LogP contribution in [0.15, 0.2) is 24.3 Å². The van der Waals surface area contributed by atoms with Crippen LogP contribution < -0.4 is 5.32 Å². The van der Waals surface area contributed by atoms with Crippen LogP contribution in [0.2, 0.25) is 0 Å². The molecule has 0 unspecified atom stereocenters. The SMILES string of the molecule is CCOC(=O)[C@H](C)NC(=O)C(=O)c1c(C)n(C)c2ccccc12. The second kappa shape index (κ2) is 6.64. The molecule has 0 aliphatic rings. The number of nitrogens with one attached hydrogen (secondary N) is 1. The molecule has 1 atom stereocenters. The fourth-order valence-electron chi connectivity index (χ4n) is 2.51. The van der Waals surface area contributed by atoms with Crippen molar-refractivity contribution in [3.05, 3.63) is 35.5 Å². The summed E-state index contributed by atoms with van der Waals surface area (Å²) >= 11 is 0. The Morgan fingerprint density at radius 1 is 1.26 bits per heavy atom. The molecule has 1 heterocycles. The second-order valence-corrected chi connectivity index (χ2v) is 5.31. The molecular weight excluding hydrogens is 296 g/mol. The summed E-state index contributed by atoms with van der Waals surface area (Å²) in [6.07, 6.45) is 0. The van der Waals surface area contributed by atoms with Gasteiger partial charge in [0.2, 0.25) is 0 Å². The summed E-state index contributed by atoms with van der Waals surface area (Å²) in [5, 5.41) is 3.11. The van der Waals surface area contributed by atoms with Crippen molar-refractivity contribution < 1.29 is 19.1 Å². The normalized spacial score (nSPS) is 12.0. The Morgan fingerprint density at radius 3 is 2.57 bits per heavy atom. The number of rotatable bonds is 5. The van der Waals surface area contributed by atoms with Gasteiger partial charge in [-0.3, -0.25) is 9.59 Å². The lowest BCUT2D eigenvalue weighted by atomic mass is 10.1. The highest BCUT2D eigenvalue weighted by Crippen LogP contribution is 2.25. The van der Waals surface area contributed by atoms with Crippen LogP contribution in [0.4, 0.5) is 0 Å². The summed E-state index contributed by atoms with van der Waals surface area (Å²) in [6.45, 7) is 5.17. The zero-order valence-corrected chi connectivity index (χ0v) is 13.7. The topological polar surface area (TPSA) is 77.4 Å². The number of hydrogen-bond acceptors (Lipinski definition) is 4. The quantitative estimate of drug-likeness (QED) is 0.518. The van der Waals surface area contributed by atoms with Crippen molar-refractivity contribution in [2.75, 3.05) is 6.61 Å². The van der Waals surface area contributed by atoms with Gasteiger partial charge in [0.15, 0.2) is 0 Å². The van der Waals surface area contributed by atoms with Gasteiger partial charge in [-0.2, -0.15) is 0 Å². The molecule has 0 bridgehead atoms. The molecule has 6 nitrogen and oxygen atoms in total. The number of amides is 1. The molecule has 0 radical (unpaired) electrons. The van der Waals surface area contributed by atoms with E-state index in [2.05, 4.69) is 5.32 Å². The highest BCUT2D eigenvalue weighted by atomic mass is 16.5. The fourth-order valence-corrected chi connectivity index (χ4v) is 2.51. The summed E-state index contributed by atoms with van der Waals surface area (Å²) in [6, 6.07) is 6.51. The molecule has 6 heteroatoms. The number of ketones is 1. The summed E-state index contributed by atoms with van der Waals surface area (Å²) in [5.74, 6) is -2.04. The van der Waals surface area contributed by atoms with Gasteiger partial charge in [0.25, 0.3) is 11.7 Å². The van der Waals surface area contributed by atoms with Gasteiger partial charge in [0.1, 0.15) is 6.04 Å². The van der Waals surface area contributed by atoms with Crippen LogP contribution in [0.3, 0.4) is 0 Å². The number of Topliss-reactive ketones (excluding diaryl/α,β-unsaturated/α-hetero) is 1. The van der Waals surface area contributed by atoms with Crippen LogP contribution in [0.5, 0.6) is 0 Å². The van der Waals surface area contributed by atoms with Crippen LogP contribution >= 0.6 is 0 Å². The number of aromatic nitrogens is 1. The Labute approximate surface area is 134 Å². The molecule has 0 spiro atoms. The molecule has 2 aromatic rings. The van der Waals surface area contributed by atoms with Crippen molar-refractivity contribution in [3.63, 3.8) is 0 Å². The average Bonchev–Trinajstić information content (AvgIpc) is 2.78. The Hall–Kier alpha value is -2.63. The maximum Gasteiger partial charge on any atom is 0.328 e. The Kier molecular flexibility index (Phi) is 4.83. The van der Waals surface area contributed by atoms with Crippen molar-refractivity contribution in [1.29, 1.82) is 0 Å². The van der Waals surface area contributed by atoms with E-state index in [0.29, 0.717) is 11.3 Å². The smallest absolute Gasteiger partial charge is 0.328 e. The van der Waals surface area contributed by atoms with Crippen LogP contribution in [0.1, 0.15) is 29.9 Å². The minimum absolute atomic E-state index is 0.218. The molecule has 0 fully saturated rings. The van der Waals surface area contributed by atoms with Crippen molar-refractivity contribution in [3.8, 4) is 0 Å². The van der Waals surface area contributed by atoms with Gasteiger partial charge in [-0.05, 0) is 26.8 Å². The standard InChI is InChI=1S/C17H20N2O4/c1-5-23-17(22)10(2)18-16(21)15(20)14-11(3)19(4)13-9-7-6-8-12(13)14/h6-10H,5H2,1-4H3,(H,18,21)/t10-/m0/s1. The van der Waals surface area contributed by atoms with Crippen LogP contribution in [-0.2, 0) is 21.4 Å². The molecular formula is C17H20N2O4. The number of fused-ring (bicyclic) bond motifs is 1. The van der Waals surface area contributed by atoms with E-state index in [1.54, 1.807) is 19.9 Å². The monoisotopic (exact) mass is 316 g/mol. The maximum atomic E-state index is 12.5. The van der Waals surface area contributed by atoms with Crippen molar-refractivity contribution in [1.82, 2.24) is 9.88 Å². The average molecular weight is 316 g/mol. The molecule has 0 saturated heterocycles. The number of carbonyl (C=O) groups is 3. The third-order valence-corrected chi connectivity index (χ3v) is 3.82. The minimum atomic E-state index is -0.873. The molecule has 1 amide bonds. The molecule has 1 aromatic heterocycles. The molecule has 0 aliphatic heterocycles. The van der Waals surface area contributed by atoms with Crippen molar-refractivity contribution in [2.24, 2.45) is 7.05 Å². The van der Waals surface area contributed by atoms with Gasteiger partial charge in [-0.15, -0.1) is 0 Å². The lowest BCUT2D eigenvalue weighted by molar-refractivity contribution is -0.146. The molecule has 23 heavy (non-hydrogen) atoms. The predicted octanol–water partition coefficient (Wildman–Crippen LogP) is 1.74. The van der Waals surface area contributed by atoms with E-state index in [1.807, 2.05) is 29.8 Å². The van der Waals surface area contributed by atoms with E-state index >= 15 is 0 Å². The summed E-state index contributed by atoms with van der Waals surface area (Å²) in [7, 11) is 1.84. The number of ether oxygens (including phenoxy) is 1. The summed E-state index contributed by atoms with van der Waals surface area (Å²) in [5.41, 5.74) is 1.94. The zero-order chi connectivity index (χ0) is 17.1. The molecule has 1 N–H and O–H groups in total. The lowest BCUT2D eigenvalue weighted by Crippen LogP contribution is -2.43. The van der Waals surface area contributed by atoms with E-state index in [9.17, 15) is 14.4 Å². The van der Waals surface area contributed by atoms with E-state index < -0.39 is 23.7 Å². The lowest BCUT2D eigenvalue weighted by Gasteiger charge is -2.12. The van der Waals surface area contributed by atoms with Crippen molar-refractivity contribution in [2.45, 2.75) is 26.8 Å². The van der Waals surface area contributed by atoms with Gasteiger partial charge < -0.3 is 14.6 Å². The first kappa shape index (κ1) is 16.7. The third-order valence-electron chi connectivity index (χ3n) is 3.82. The number of carbonyl (C=O) groups excluding carboxylic acids is 3. The first-order valence-electron chi connectivity index (χ1n) is 7.44. The van der Waals surface area contributed by atoms with Crippen LogP contribution in [-0.4, -0.2) is 34.9 Å². The van der Waals surface area contributed by atoms with Gasteiger partial charge in [-0.1, -0.05) is 18.2 Å². The van der Waals surface area contributed by atoms with Gasteiger partial charge in [-0.25, -0.2) is 4.79 Å². The number of esters is 1. The molecule has 0 aliphatic carbocycles. The molecule has 1 aromatic carbocycles. The fraction of sp³-hybridized carbons (Fsp3) is 0.353. The Bertz CT molecular complexity index is 776. The summed E-state index contributed by atoms with van der Waals surface area (Å²) < 4.78 is 6.68. The van der Waals surface area contributed by atoms with E-state index in [-0.39, 0.29) is 6.61 Å². The molecule has 2 rings (SSSR count). The van der Waals surface area contributed by atoms with Gasteiger partial charge >= 0.3 is 5.97 Å². The van der Waals surface area contributed by atoms with E-state index in [0.717, 1.165) is 10.9 Å². The number of hydrogen-bond donors (Lipinski definition) is 1. The van der Waals surface area contributed by atoms with E-state index in [1.165, 1.54) is 6.92 Å². The van der Waals surface area contributed by atoms with Crippen LogP contribution in [0, 0.1) is 6.92 Å². The minimum Gasteiger partial charge on any atom is -0.464 e. The number of aryl methyl sites for hydroxylation is 1. The first-order valence-corrected chi connectivity index (χ1v) is 7.44. The third kappa shape index (κ3) is 3.11. The highest BCUT2D eigenvalue weighted by Gasteiger charge is 2.26. The van der Waals surface area contributed by atoms with Crippen LogP contribution in [0.25, 0.3) is 10.9 Å². The number of benzene rings is 1. The zero-order valence-electron chi connectivity index (χ0n) is 13.7. The van der Waals surface area contributed by atoms with E-state index in [4.69, 9.17) is 4.74 Å². The predicted molar refractivity (Wildman–Crippen MR) is 86.2 cm³/mol. The highest BCUT2D eigenvalue weighted by molar-refractivity contribution is 6.45. The molecule has 122 valence electrons. The largest absolute Gasteiger partial charge is 0.464 e. The number of nitrogens with zero attached hydrogens (tertiary/aromatic N) is 1. The Morgan fingerprint density at radius 2 is 1.91 bits per heavy atom. The van der Waals surface area contributed by atoms with Gasteiger partial charge in [0.05, 0.1) is 12.2 Å². The van der Waals surface area contributed by atoms with Gasteiger partial charge in [0, 0.05) is 23.6 Å². The number of para-hydroxylation sites is 1. The van der Waals surface area contributed by atoms with Crippen molar-refractivity contribution >= 4 is 28.6 Å². The first-order chi connectivity index (χ1) is 10.9. The maximum absolute atomic E-state index is 12.5.